The monoisotopic (exact) mass is 191 g/mol. The number of nitrogens with one attached hydrogen (secondary N) is 1. The maximum absolute atomic E-state index is 4.31. The van der Waals surface area contributed by atoms with Crippen LogP contribution in [-0.2, 0) is 6.54 Å². The first-order chi connectivity index (χ1) is 6.68. The SMILES string of the molecule is Cc1cnc(CNC2(C)CCC2)cn1. The number of hydrogen-bond donors (Lipinski definition) is 1. The van der Waals surface area contributed by atoms with Crippen LogP contribution < -0.4 is 5.32 Å². The minimum Gasteiger partial charge on any atom is -0.306 e. The van der Waals surface area contributed by atoms with Crippen molar-refractivity contribution in [3.8, 4) is 0 Å². The van der Waals surface area contributed by atoms with Crippen LogP contribution >= 0.6 is 0 Å². The zero-order valence-corrected chi connectivity index (χ0v) is 8.88. The Labute approximate surface area is 85.0 Å². The molecular formula is C11H17N3. The molecule has 1 fully saturated rings. The fraction of sp³-hybridized carbons (Fsp3) is 0.636. The van der Waals surface area contributed by atoms with Crippen LogP contribution in [0.15, 0.2) is 12.4 Å². The minimum atomic E-state index is 0.354. The zero-order valence-electron chi connectivity index (χ0n) is 8.88. The summed E-state index contributed by atoms with van der Waals surface area (Å²) in [4.78, 5) is 8.54. The second kappa shape index (κ2) is 3.65. The standard InChI is InChI=1S/C11H17N3/c1-9-6-13-10(7-12-9)8-14-11(2)4-3-5-11/h6-7,14H,3-5,8H2,1-2H3. The third-order valence-corrected chi connectivity index (χ3v) is 2.99. The highest BCUT2D eigenvalue weighted by atomic mass is 15.0. The van der Waals surface area contributed by atoms with Gasteiger partial charge in [0.2, 0.25) is 0 Å². The molecule has 0 saturated heterocycles. The summed E-state index contributed by atoms with van der Waals surface area (Å²) in [6.07, 6.45) is 7.59. The first kappa shape index (κ1) is 9.59. The van der Waals surface area contributed by atoms with Crippen LogP contribution in [0.1, 0.15) is 37.6 Å². The summed E-state index contributed by atoms with van der Waals surface area (Å²) < 4.78 is 0. The largest absolute Gasteiger partial charge is 0.306 e. The third-order valence-electron chi connectivity index (χ3n) is 2.99. The van der Waals surface area contributed by atoms with E-state index in [0.717, 1.165) is 17.9 Å². The van der Waals surface area contributed by atoms with Crippen molar-refractivity contribution in [3.63, 3.8) is 0 Å². The lowest BCUT2D eigenvalue weighted by atomic mass is 9.78. The van der Waals surface area contributed by atoms with Crippen LogP contribution in [0, 0.1) is 6.92 Å². The molecule has 1 aliphatic carbocycles. The summed E-state index contributed by atoms with van der Waals surface area (Å²) in [6, 6.07) is 0. The van der Waals surface area contributed by atoms with Crippen molar-refractivity contribution < 1.29 is 0 Å². The van der Waals surface area contributed by atoms with E-state index in [1.807, 2.05) is 19.3 Å². The van der Waals surface area contributed by atoms with Crippen molar-refractivity contribution in [1.82, 2.24) is 15.3 Å². The van der Waals surface area contributed by atoms with Gasteiger partial charge in [-0.1, -0.05) is 0 Å². The quantitative estimate of drug-likeness (QED) is 0.792. The van der Waals surface area contributed by atoms with Crippen molar-refractivity contribution in [3.05, 3.63) is 23.8 Å². The molecular weight excluding hydrogens is 174 g/mol. The summed E-state index contributed by atoms with van der Waals surface area (Å²) in [7, 11) is 0. The first-order valence-corrected chi connectivity index (χ1v) is 5.21. The topological polar surface area (TPSA) is 37.8 Å². The molecule has 1 aromatic rings. The summed E-state index contributed by atoms with van der Waals surface area (Å²) >= 11 is 0. The van der Waals surface area contributed by atoms with E-state index in [2.05, 4.69) is 22.2 Å². The molecule has 1 aromatic heterocycles. The highest BCUT2D eigenvalue weighted by Crippen LogP contribution is 2.30. The van der Waals surface area contributed by atoms with Gasteiger partial charge in [0.1, 0.15) is 0 Å². The van der Waals surface area contributed by atoms with Gasteiger partial charge in [0.05, 0.1) is 11.4 Å². The fourth-order valence-electron chi connectivity index (χ4n) is 1.70. The normalized spacial score (nSPS) is 19.0. The lowest BCUT2D eigenvalue weighted by molar-refractivity contribution is 0.206. The summed E-state index contributed by atoms with van der Waals surface area (Å²) in [5.74, 6) is 0. The van der Waals surface area contributed by atoms with Crippen molar-refractivity contribution >= 4 is 0 Å². The molecule has 2 rings (SSSR count). The molecule has 0 atom stereocenters. The van der Waals surface area contributed by atoms with Crippen LogP contribution in [0.3, 0.4) is 0 Å². The average Bonchev–Trinajstić information content (AvgIpc) is 2.14. The molecule has 0 radical (unpaired) electrons. The van der Waals surface area contributed by atoms with E-state index in [0.29, 0.717) is 5.54 Å². The smallest absolute Gasteiger partial charge is 0.0724 e. The van der Waals surface area contributed by atoms with E-state index >= 15 is 0 Å². The van der Waals surface area contributed by atoms with E-state index in [4.69, 9.17) is 0 Å². The Morgan fingerprint density at radius 1 is 1.36 bits per heavy atom. The molecule has 0 unspecified atom stereocenters. The van der Waals surface area contributed by atoms with Crippen LogP contribution in [0.5, 0.6) is 0 Å². The number of aromatic nitrogens is 2. The van der Waals surface area contributed by atoms with Gasteiger partial charge in [-0.2, -0.15) is 0 Å². The molecule has 76 valence electrons. The van der Waals surface area contributed by atoms with Crippen LogP contribution in [0.2, 0.25) is 0 Å². The van der Waals surface area contributed by atoms with E-state index < -0.39 is 0 Å². The fourth-order valence-corrected chi connectivity index (χ4v) is 1.70. The Hall–Kier alpha value is -0.960. The highest BCUT2D eigenvalue weighted by molar-refractivity contribution is 5.02. The highest BCUT2D eigenvalue weighted by Gasteiger charge is 2.30. The van der Waals surface area contributed by atoms with Gasteiger partial charge in [0, 0.05) is 24.5 Å². The van der Waals surface area contributed by atoms with E-state index in [-0.39, 0.29) is 0 Å². The van der Waals surface area contributed by atoms with Crippen molar-refractivity contribution in [2.24, 2.45) is 0 Å². The molecule has 0 aliphatic heterocycles. The molecule has 3 nitrogen and oxygen atoms in total. The molecule has 0 bridgehead atoms. The van der Waals surface area contributed by atoms with E-state index in [1.165, 1.54) is 19.3 Å². The maximum atomic E-state index is 4.31. The second-order valence-corrected chi connectivity index (χ2v) is 4.42. The summed E-state index contributed by atoms with van der Waals surface area (Å²) in [5, 5.41) is 3.53. The number of hydrogen-bond acceptors (Lipinski definition) is 3. The lowest BCUT2D eigenvalue weighted by Gasteiger charge is -2.39. The van der Waals surface area contributed by atoms with Gasteiger partial charge < -0.3 is 5.32 Å². The van der Waals surface area contributed by atoms with Gasteiger partial charge in [-0.15, -0.1) is 0 Å². The molecule has 1 aliphatic rings. The Bertz CT molecular complexity index is 301. The Kier molecular flexibility index (Phi) is 2.50. The van der Waals surface area contributed by atoms with Crippen molar-refractivity contribution in [1.29, 1.82) is 0 Å². The average molecular weight is 191 g/mol. The van der Waals surface area contributed by atoms with E-state index in [1.54, 1.807) is 0 Å². The molecule has 0 spiro atoms. The molecule has 14 heavy (non-hydrogen) atoms. The predicted octanol–water partition coefficient (Wildman–Crippen LogP) is 1.82. The van der Waals surface area contributed by atoms with Gasteiger partial charge in [-0.05, 0) is 33.1 Å². The summed E-state index contributed by atoms with van der Waals surface area (Å²) in [6.45, 7) is 5.07. The molecule has 1 saturated carbocycles. The molecule has 1 N–H and O–H groups in total. The van der Waals surface area contributed by atoms with Crippen molar-refractivity contribution in [2.45, 2.75) is 45.2 Å². The maximum Gasteiger partial charge on any atom is 0.0724 e. The van der Waals surface area contributed by atoms with Gasteiger partial charge in [0.15, 0.2) is 0 Å². The van der Waals surface area contributed by atoms with Gasteiger partial charge >= 0.3 is 0 Å². The Morgan fingerprint density at radius 2 is 2.14 bits per heavy atom. The minimum absolute atomic E-state index is 0.354. The molecule has 0 amide bonds. The Balaban J connectivity index is 1.88. The van der Waals surface area contributed by atoms with Crippen LogP contribution in [0.4, 0.5) is 0 Å². The van der Waals surface area contributed by atoms with Crippen molar-refractivity contribution in [2.75, 3.05) is 0 Å². The van der Waals surface area contributed by atoms with E-state index in [9.17, 15) is 0 Å². The predicted molar refractivity (Wildman–Crippen MR) is 55.9 cm³/mol. The van der Waals surface area contributed by atoms with Gasteiger partial charge in [-0.3, -0.25) is 9.97 Å². The number of aryl methyl sites for hydroxylation is 1. The molecule has 3 heteroatoms. The van der Waals surface area contributed by atoms with Gasteiger partial charge in [0.25, 0.3) is 0 Å². The second-order valence-electron chi connectivity index (χ2n) is 4.42. The number of rotatable bonds is 3. The summed E-state index contributed by atoms with van der Waals surface area (Å²) in [5.41, 5.74) is 2.36. The Morgan fingerprint density at radius 3 is 2.64 bits per heavy atom. The molecule has 0 aromatic carbocycles. The first-order valence-electron chi connectivity index (χ1n) is 5.21. The third kappa shape index (κ3) is 2.10. The van der Waals surface area contributed by atoms with Crippen LogP contribution in [0.25, 0.3) is 0 Å². The van der Waals surface area contributed by atoms with Crippen LogP contribution in [-0.4, -0.2) is 15.5 Å². The number of nitrogens with zero attached hydrogens (tertiary/aromatic N) is 2. The molecule has 1 heterocycles. The lowest BCUT2D eigenvalue weighted by Crippen LogP contribution is -2.47. The van der Waals surface area contributed by atoms with Gasteiger partial charge in [-0.25, -0.2) is 0 Å². The zero-order chi connectivity index (χ0) is 10.0.